The van der Waals surface area contributed by atoms with Gasteiger partial charge in [0.25, 0.3) is 0 Å². The van der Waals surface area contributed by atoms with E-state index in [9.17, 15) is 9.90 Å². The van der Waals surface area contributed by atoms with E-state index >= 15 is 0 Å². The van der Waals surface area contributed by atoms with E-state index in [0.717, 1.165) is 18.4 Å². The lowest BCUT2D eigenvalue weighted by Crippen LogP contribution is -2.33. The van der Waals surface area contributed by atoms with Crippen molar-refractivity contribution in [2.75, 3.05) is 6.54 Å². The maximum Gasteiger partial charge on any atom is 0.407 e. The first-order valence-electron chi connectivity index (χ1n) is 6.11. The molecule has 0 aliphatic rings. The molecule has 1 aromatic rings. The molecule has 0 heterocycles. The maximum absolute atomic E-state index is 11.4. The minimum Gasteiger partial charge on any atom is -0.508 e. The molecule has 0 aliphatic heterocycles. The first kappa shape index (κ1) is 14.4. The van der Waals surface area contributed by atoms with Crippen LogP contribution in [0.2, 0.25) is 0 Å². The van der Waals surface area contributed by atoms with Gasteiger partial charge in [-0.15, -0.1) is 0 Å². The van der Waals surface area contributed by atoms with E-state index in [1.165, 1.54) is 0 Å². The number of carbonyl (C=O) groups excluding carboxylic acids is 1. The summed E-state index contributed by atoms with van der Waals surface area (Å²) in [5.74, 6) is 0.271. The van der Waals surface area contributed by atoms with Crippen molar-refractivity contribution >= 4 is 6.09 Å². The van der Waals surface area contributed by atoms with Gasteiger partial charge in [0.15, 0.2) is 0 Å². The molecule has 4 nitrogen and oxygen atoms in total. The van der Waals surface area contributed by atoms with Crippen molar-refractivity contribution in [2.24, 2.45) is 0 Å². The predicted octanol–water partition coefficient (Wildman–Crippen LogP) is 2.85. The summed E-state index contributed by atoms with van der Waals surface area (Å²) in [4.78, 5) is 11.4. The molecule has 0 aromatic heterocycles. The molecule has 0 unspecified atom stereocenters. The Hall–Kier alpha value is -1.71. The molecule has 0 saturated heterocycles. The summed E-state index contributed by atoms with van der Waals surface area (Å²) in [6.45, 7) is 6.06. The molecule has 18 heavy (non-hydrogen) atoms. The third kappa shape index (κ3) is 6.13. The topological polar surface area (TPSA) is 58.6 Å². The Kier molecular flexibility index (Phi) is 5.01. The van der Waals surface area contributed by atoms with Crippen LogP contribution in [0.3, 0.4) is 0 Å². The average Bonchev–Trinajstić information content (AvgIpc) is 2.22. The number of hydrogen-bond acceptors (Lipinski definition) is 3. The third-order valence-corrected chi connectivity index (χ3v) is 2.22. The molecule has 0 atom stereocenters. The Bertz CT molecular complexity index is 396. The number of carbonyl (C=O) groups is 1. The number of amides is 1. The van der Waals surface area contributed by atoms with E-state index in [1.54, 1.807) is 12.1 Å². The number of hydrogen-bond donors (Lipinski definition) is 2. The van der Waals surface area contributed by atoms with Gasteiger partial charge in [-0.3, -0.25) is 0 Å². The van der Waals surface area contributed by atoms with Crippen LogP contribution in [0, 0.1) is 0 Å². The second kappa shape index (κ2) is 6.28. The van der Waals surface area contributed by atoms with E-state index < -0.39 is 11.7 Å². The highest BCUT2D eigenvalue weighted by atomic mass is 16.6. The molecular formula is C14H21NO3. The minimum absolute atomic E-state index is 0.271. The standard InChI is InChI=1S/C14H21NO3/c1-14(2,3)18-13(17)15-9-5-7-11-6-4-8-12(16)10-11/h4,6,8,10,16H,5,7,9H2,1-3H3,(H,15,17). The Morgan fingerprint density at radius 1 is 1.39 bits per heavy atom. The van der Waals surface area contributed by atoms with E-state index in [0.29, 0.717) is 6.54 Å². The van der Waals surface area contributed by atoms with E-state index in [2.05, 4.69) is 5.32 Å². The predicted molar refractivity (Wildman–Crippen MR) is 70.7 cm³/mol. The van der Waals surface area contributed by atoms with Crippen molar-refractivity contribution in [1.29, 1.82) is 0 Å². The summed E-state index contributed by atoms with van der Waals surface area (Å²) in [6, 6.07) is 7.13. The van der Waals surface area contributed by atoms with E-state index in [4.69, 9.17) is 4.74 Å². The first-order valence-corrected chi connectivity index (χ1v) is 6.11. The lowest BCUT2D eigenvalue weighted by molar-refractivity contribution is 0.0527. The number of aryl methyl sites for hydroxylation is 1. The fourth-order valence-corrected chi connectivity index (χ4v) is 1.51. The molecule has 0 radical (unpaired) electrons. The first-order chi connectivity index (χ1) is 8.37. The molecule has 0 aliphatic carbocycles. The Labute approximate surface area is 108 Å². The number of alkyl carbamates (subject to hydrolysis) is 1. The Balaban J connectivity index is 2.21. The van der Waals surface area contributed by atoms with Gasteiger partial charge in [0.2, 0.25) is 0 Å². The van der Waals surface area contributed by atoms with E-state index in [1.807, 2.05) is 32.9 Å². The van der Waals surface area contributed by atoms with Gasteiger partial charge in [0, 0.05) is 6.54 Å². The second-order valence-corrected chi connectivity index (χ2v) is 5.20. The lowest BCUT2D eigenvalue weighted by atomic mass is 10.1. The number of phenols is 1. The van der Waals surface area contributed by atoms with Crippen LogP contribution in [0.1, 0.15) is 32.8 Å². The maximum atomic E-state index is 11.4. The quantitative estimate of drug-likeness (QED) is 0.809. The molecule has 2 N–H and O–H groups in total. The summed E-state index contributed by atoms with van der Waals surface area (Å²) >= 11 is 0. The summed E-state index contributed by atoms with van der Waals surface area (Å²) in [6.07, 6.45) is 1.23. The molecule has 0 saturated carbocycles. The fraction of sp³-hybridized carbons (Fsp3) is 0.500. The van der Waals surface area contributed by atoms with Crippen LogP contribution >= 0.6 is 0 Å². The van der Waals surface area contributed by atoms with Crippen molar-refractivity contribution in [1.82, 2.24) is 5.32 Å². The average molecular weight is 251 g/mol. The van der Waals surface area contributed by atoms with Crippen LogP contribution in [0.4, 0.5) is 4.79 Å². The van der Waals surface area contributed by atoms with Crippen molar-refractivity contribution < 1.29 is 14.6 Å². The van der Waals surface area contributed by atoms with Crippen LogP contribution in [0.5, 0.6) is 5.75 Å². The van der Waals surface area contributed by atoms with Crippen LogP contribution in [0.25, 0.3) is 0 Å². The van der Waals surface area contributed by atoms with Crippen LogP contribution < -0.4 is 5.32 Å². The van der Waals surface area contributed by atoms with Crippen molar-refractivity contribution in [3.63, 3.8) is 0 Å². The van der Waals surface area contributed by atoms with Gasteiger partial charge >= 0.3 is 6.09 Å². The normalized spacial score (nSPS) is 11.1. The molecule has 1 rings (SSSR count). The SMILES string of the molecule is CC(C)(C)OC(=O)NCCCc1cccc(O)c1. The summed E-state index contributed by atoms with van der Waals surface area (Å²) in [5.41, 5.74) is 0.593. The molecule has 0 fully saturated rings. The van der Waals surface area contributed by atoms with Crippen molar-refractivity contribution in [3.05, 3.63) is 29.8 Å². The van der Waals surface area contributed by atoms with Gasteiger partial charge in [0.1, 0.15) is 11.4 Å². The summed E-state index contributed by atoms with van der Waals surface area (Å²) in [5, 5.41) is 12.0. The smallest absolute Gasteiger partial charge is 0.407 e. The van der Waals surface area contributed by atoms with Gasteiger partial charge in [0.05, 0.1) is 0 Å². The molecule has 1 aromatic carbocycles. The molecule has 1 amide bonds. The highest BCUT2D eigenvalue weighted by Crippen LogP contribution is 2.12. The van der Waals surface area contributed by atoms with Crippen LogP contribution in [-0.2, 0) is 11.2 Å². The molecule has 0 bridgehead atoms. The molecular weight excluding hydrogens is 230 g/mol. The fourth-order valence-electron chi connectivity index (χ4n) is 1.51. The summed E-state index contributed by atoms with van der Waals surface area (Å²) < 4.78 is 5.12. The molecule has 0 spiro atoms. The number of rotatable bonds is 4. The zero-order valence-corrected chi connectivity index (χ0v) is 11.2. The zero-order chi connectivity index (χ0) is 13.6. The third-order valence-electron chi connectivity index (χ3n) is 2.22. The van der Waals surface area contributed by atoms with Crippen molar-refractivity contribution in [2.45, 2.75) is 39.2 Å². The Morgan fingerprint density at radius 2 is 2.11 bits per heavy atom. The lowest BCUT2D eigenvalue weighted by Gasteiger charge is -2.19. The van der Waals surface area contributed by atoms with Crippen LogP contribution in [0.15, 0.2) is 24.3 Å². The number of benzene rings is 1. The second-order valence-electron chi connectivity index (χ2n) is 5.20. The Morgan fingerprint density at radius 3 is 2.72 bits per heavy atom. The van der Waals surface area contributed by atoms with Crippen LogP contribution in [-0.4, -0.2) is 23.3 Å². The van der Waals surface area contributed by atoms with Gasteiger partial charge in [-0.1, -0.05) is 12.1 Å². The molecule has 4 heteroatoms. The van der Waals surface area contributed by atoms with Gasteiger partial charge in [-0.2, -0.15) is 0 Å². The van der Waals surface area contributed by atoms with Crippen molar-refractivity contribution in [3.8, 4) is 5.75 Å². The van der Waals surface area contributed by atoms with Gasteiger partial charge < -0.3 is 15.2 Å². The number of aromatic hydroxyl groups is 1. The minimum atomic E-state index is -0.463. The molecule has 100 valence electrons. The largest absolute Gasteiger partial charge is 0.508 e. The number of phenolic OH excluding ortho intramolecular Hbond substituents is 1. The summed E-state index contributed by atoms with van der Waals surface area (Å²) in [7, 11) is 0. The highest BCUT2D eigenvalue weighted by molar-refractivity contribution is 5.67. The van der Waals surface area contributed by atoms with Gasteiger partial charge in [-0.05, 0) is 51.3 Å². The number of ether oxygens (including phenoxy) is 1. The van der Waals surface area contributed by atoms with E-state index in [-0.39, 0.29) is 5.75 Å². The monoisotopic (exact) mass is 251 g/mol. The highest BCUT2D eigenvalue weighted by Gasteiger charge is 2.15. The number of nitrogens with one attached hydrogen (secondary N) is 1. The zero-order valence-electron chi connectivity index (χ0n) is 11.2. The van der Waals surface area contributed by atoms with Gasteiger partial charge in [-0.25, -0.2) is 4.79 Å².